The van der Waals surface area contributed by atoms with Crippen molar-refractivity contribution in [2.24, 2.45) is 0 Å². The van der Waals surface area contributed by atoms with E-state index in [-0.39, 0.29) is 12.2 Å². The van der Waals surface area contributed by atoms with E-state index in [1.807, 2.05) is 0 Å². The van der Waals surface area contributed by atoms with Crippen LogP contribution < -0.4 is 9.47 Å². The number of benzene rings is 1. The quantitative estimate of drug-likeness (QED) is 0.882. The fraction of sp³-hybridized carbons (Fsp3) is 0.250. The molecule has 1 aromatic heterocycles. The molecule has 22 heavy (non-hydrogen) atoms. The summed E-state index contributed by atoms with van der Waals surface area (Å²) in [7, 11) is 3.06. The van der Waals surface area contributed by atoms with E-state index < -0.39 is 11.9 Å². The molecule has 2 aromatic rings. The number of carboxylic acid groups (broad SMARTS) is 1. The molecule has 6 nitrogen and oxygen atoms in total. The van der Waals surface area contributed by atoms with E-state index in [2.05, 4.69) is 6.07 Å². The van der Waals surface area contributed by atoms with E-state index in [4.69, 9.17) is 19.0 Å². The van der Waals surface area contributed by atoms with Gasteiger partial charge in [-0.25, -0.2) is 4.79 Å². The molecule has 0 fully saturated rings. The minimum absolute atomic E-state index is 0.149. The predicted octanol–water partition coefficient (Wildman–Crippen LogP) is 2.84. The Morgan fingerprint density at radius 3 is 2.64 bits per heavy atom. The zero-order valence-corrected chi connectivity index (χ0v) is 12.2. The van der Waals surface area contributed by atoms with Crippen LogP contribution in [0.2, 0.25) is 0 Å². The molecule has 0 saturated carbocycles. The first kappa shape index (κ1) is 15.4. The number of aromatic carboxylic acids is 1. The van der Waals surface area contributed by atoms with Gasteiger partial charge in [-0.15, -0.1) is 0 Å². The Labute approximate surface area is 127 Å². The number of ether oxygens (including phenoxy) is 2. The Kier molecular flexibility index (Phi) is 4.69. The average molecular weight is 301 g/mol. The van der Waals surface area contributed by atoms with Gasteiger partial charge < -0.3 is 19.0 Å². The second-order valence-corrected chi connectivity index (χ2v) is 4.56. The zero-order chi connectivity index (χ0) is 16.1. The standard InChI is InChI=1S/C16H15NO5/c1-20-11-3-5-14(21-2)13(8-11)10(9-17)7-12-4-6-15(22-12)16(18)19/h3-6,8,10H,7H2,1-2H3,(H,18,19). The van der Waals surface area contributed by atoms with Gasteiger partial charge >= 0.3 is 5.97 Å². The maximum absolute atomic E-state index is 10.8. The highest BCUT2D eigenvalue weighted by molar-refractivity contribution is 5.84. The lowest BCUT2D eigenvalue weighted by molar-refractivity contribution is 0.0660. The predicted molar refractivity (Wildman–Crippen MR) is 77.3 cm³/mol. The van der Waals surface area contributed by atoms with Crippen LogP contribution in [0.25, 0.3) is 0 Å². The van der Waals surface area contributed by atoms with E-state index in [0.29, 0.717) is 22.8 Å². The summed E-state index contributed by atoms with van der Waals surface area (Å²) < 4.78 is 15.7. The van der Waals surface area contributed by atoms with Crippen LogP contribution in [0.15, 0.2) is 34.7 Å². The molecule has 1 atom stereocenters. The number of rotatable bonds is 6. The monoisotopic (exact) mass is 301 g/mol. The molecule has 0 aliphatic heterocycles. The number of nitriles is 1. The van der Waals surface area contributed by atoms with Gasteiger partial charge in [0.05, 0.1) is 26.2 Å². The lowest BCUT2D eigenvalue weighted by atomic mass is 9.95. The van der Waals surface area contributed by atoms with Crippen LogP contribution in [-0.2, 0) is 6.42 Å². The molecule has 2 rings (SSSR count). The van der Waals surface area contributed by atoms with Crippen LogP contribution in [0.3, 0.4) is 0 Å². The molecule has 0 amide bonds. The third-order valence-corrected chi connectivity index (χ3v) is 3.25. The van der Waals surface area contributed by atoms with Gasteiger partial charge in [-0.3, -0.25) is 0 Å². The second-order valence-electron chi connectivity index (χ2n) is 4.56. The van der Waals surface area contributed by atoms with Crippen LogP contribution in [0.5, 0.6) is 11.5 Å². The van der Waals surface area contributed by atoms with Gasteiger partial charge in [-0.1, -0.05) is 0 Å². The lowest BCUT2D eigenvalue weighted by Gasteiger charge is -2.14. The molecule has 0 saturated heterocycles. The SMILES string of the molecule is COc1ccc(OC)c(C(C#N)Cc2ccc(C(=O)O)o2)c1. The fourth-order valence-corrected chi connectivity index (χ4v) is 2.14. The van der Waals surface area contributed by atoms with E-state index >= 15 is 0 Å². The van der Waals surface area contributed by atoms with E-state index in [0.717, 1.165) is 0 Å². The third-order valence-electron chi connectivity index (χ3n) is 3.25. The highest BCUT2D eigenvalue weighted by Crippen LogP contribution is 2.32. The summed E-state index contributed by atoms with van der Waals surface area (Å²) in [4.78, 5) is 10.8. The topological polar surface area (TPSA) is 92.7 Å². The van der Waals surface area contributed by atoms with Gasteiger partial charge in [0.1, 0.15) is 17.3 Å². The van der Waals surface area contributed by atoms with Crippen molar-refractivity contribution in [3.8, 4) is 17.6 Å². The molecule has 0 aliphatic carbocycles. The highest BCUT2D eigenvalue weighted by Gasteiger charge is 2.20. The molecule has 0 radical (unpaired) electrons. The van der Waals surface area contributed by atoms with Crippen molar-refractivity contribution in [3.05, 3.63) is 47.4 Å². The van der Waals surface area contributed by atoms with Crippen molar-refractivity contribution in [1.29, 1.82) is 5.26 Å². The number of hydrogen-bond donors (Lipinski definition) is 1. The zero-order valence-electron chi connectivity index (χ0n) is 12.2. The Morgan fingerprint density at radius 2 is 2.09 bits per heavy atom. The number of carboxylic acids is 1. The summed E-state index contributed by atoms with van der Waals surface area (Å²) in [6, 6.07) is 10.3. The summed E-state index contributed by atoms with van der Waals surface area (Å²) in [5, 5.41) is 18.3. The number of carbonyl (C=O) groups is 1. The van der Waals surface area contributed by atoms with Gasteiger partial charge in [0, 0.05) is 12.0 Å². The molecular weight excluding hydrogens is 286 g/mol. The summed E-state index contributed by atoms with van der Waals surface area (Å²) in [6.45, 7) is 0. The molecule has 1 N–H and O–H groups in total. The number of nitrogens with zero attached hydrogens (tertiary/aromatic N) is 1. The lowest BCUT2D eigenvalue weighted by Crippen LogP contribution is -2.03. The molecule has 1 unspecified atom stereocenters. The van der Waals surface area contributed by atoms with Crippen LogP contribution in [-0.4, -0.2) is 25.3 Å². The Bertz CT molecular complexity index is 714. The maximum atomic E-state index is 10.8. The molecule has 0 aliphatic rings. The van der Waals surface area contributed by atoms with Gasteiger partial charge in [-0.05, 0) is 30.3 Å². The Balaban J connectivity index is 2.31. The summed E-state index contributed by atoms with van der Waals surface area (Å²) in [5.41, 5.74) is 0.664. The minimum atomic E-state index is -1.14. The van der Waals surface area contributed by atoms with E-state index in [1.54, 1.807) is 31.4 Å². The van der Waals surface area contributed by atoms with Crippen LogP contribution in [0, 0.1) is 11.3 Å². The van der Waals surface area contributed by atoms with E-state index in [9.17, 15) is 10.1 Å². The molecule has 0 bridgehead atoms. The number of furan rings is 1. The van der Waals surface area contributed by atoms with Crippen LogP contribution in [0.4, 0.5) is 0 Å². The molecule has 1 heterocycles. The largest absolute Gasteiger partial charge is 0.497 e. The second kappa shape index (κ2) is 6.68. The minimum Gasteiger partial charge on any atom is -0.497 e. The Morgan fingerprint density at radius 1 is 1.32 bits per heavy atom. The molecule has 6 heteroatoms. The molecule has 0 spiro atoms. The van der Waals surface area contributed by atoms with Gasteiger partial charge in [-0.2, -0.15) is 5.26 Å². The molecule has 114 valence electrons. The van der Waals surface area contributed by atoms with Gasteiger partial charge in [0.25, 0.3) is 0 Å². The fourth-order valence-electron chi connectivity index (χ4n) is 2.14. The first-order valence-electron chi connectivity index (χ1n) is 6.52. The first-order valence-corrected chi connectivity index (χ1v) is 6.52. The molecular formula is C16H15NO5. The van der Waals surface area contributed by atoms with Gasteiger partial charge in [0.2, 0.25) is 5.76 Å². The van der Waals surface area contributed by atoms with Crippen molar-refractivity contribution in [1.82, 2.24) is 0 Å². The normalized spacial score (nSPS) is 11.5. The maximum Gasteiger partial charge on any atom is 0.371 e. The van der Waals surface area contributed by atoms with E-state index in [1.165, 1.54) is 13.2 Å². The molecule has 1 aromatic carbocycles. The summed E-state index contributed by atoms with van der Waals surface area (Å²) in [6.07, 6.45) is 0.243. The van der Waals surface area contributed by atoms with Crippen molar-refractivity contribution in [2.45, 2.75) is 12.3 Å². The van der Waals surface area contributed by atoms with Crippen molar-refractivity contribution < 1.29 is 23.8 Å². The van der Waals surface area contributed by atoms with Crippen molar-refractivity contribution in [3.63, 3.8) is 0 Å². The van der Waals surface area contributed by atoms with Crippen LogP contribution in [0.1, 0.15) is 27.8 Å². The Hall–Kier alpha value is -2.94. The third kappa shape index (κ3) is 3.20. The number of hydrogen-bond acceptors (Lipinski definition) is 5. The van der Waals surface area contributed by atoms with Gasteiger partial charge in [0.15, 0.2) is 0 Å². The average Bonchev–Trinajstić information content (AvgIpc) is 3.01. The highest BCUT2D eigenvalue weighted by atomic mass is 16.5. The van der Waals surface area contributed by atoms with Crippen molar-refractivity contribution in [2.75, 3.05) is 14.2 Å². The van der Waals surface area contributed by atoms with Crippen LogP contribution >= 0.6 is 0 Å². The summed E-state index contributed by atoms with van der Waals surface area (Å²) >= 11 is 0. The smallest absolute Gasteiger partial charge is 0.371 e. The number of methoxy groups -OCH3 is 2. The van der Waals surface area contributed by atoms with Crippen molar-refractivity contribution >= 4 is 5.97 Å². The summed E-state index contributed by atoms with van der Waals surface area (Å²) in [5.74, 6) is -0.228. The first-order chi connectivity index (χ1) is 10.6.